The number of imidazole rings is 1. The minimum Gasteiger partial charge on any atom is -0.478 e. The molecule has 9 nitrogen and oxygen atoms in total. The Labute approximate surface area is 201 Å². The highest BCUT2D eigenvalue weighted by Gasteiger charge is 2.13. The molecule has 5 aromatic rings. The summed E-state index contributed by atoms with van der Waals surface area (Å²) in [6, 6.07) is 14.7. The van der Waals surface area contributed by atoms with Gasteiger partial charge in [0.2, 0.25) is 5.88 Å². The molecule has 35 heavy (non-hydrogen) atoms. The summed E-state index contributed by atoms with van der Waals surface area (Å²) in [4.78, 5) is 30.1. The van der Waals surface area contributed by atoms with Crippen LogP contribution < -0.4 is 15.4 Å². The van der Waals surface area contributed by atoms with Gasteiger partial charge in [0, 0.05) is 66.0 Å². The van der Waals surface area contributed by atoms with Crippen LogP contribution in [-0.4, -0.2) is 36.9 Å². The van der Waals surface area contributed by atoms with Crippen LogP contribution in [0.2, 0.25) is 0 Å². The average Bonchev–Trinajstić information content (AvgIpc) is 3.40. The van der Waals surface area contributed by atoms with Crippen molar-refractivity contribution in [2.75, 3.05) is 11.9 Å². The van der Waals surface area contributed by atoms with Crippen LogP contribution in [0.1, 0.15) is 22.8 Å². The second-order valence-electron chi connectivity index (χ2n) is 7.64. The molecule has 0 saturated heterocycles. The summed E-state index contributed by atoms with van der Waals surface area (Å²) < 4.78 is 7.50. The number of nitrogens with zero attached hydrogens (tertiary/aromatic N) is 5. The molecule has 0 fully saturated rings. The summed E-state index contributed by atoms with van der Waals surface area (Å²) in [5, 5.41) is 6.29. The van der Waals surface area contributed by atoms with E-state index in [2.05, 4.69) is 30.6 Å². The fourth-order valence-electron chi connectivity index (χ4n) is 3.70. The maximum absolute atomic E-state index is 12.5. The molecule has 4 aromatic heterocycles. The fourth-order valence-corrected chi connectivity index (χ4v) is 3.70. The van der Waals surface area contributed by atoms with Gasteiger partial charge in [0.05, 0.1) is 18.5 Å². The molecule has 0 bridgehead atoms. The number of carbonyl (C=O) groups is 1. The van der Waals surface area contributed by atoms with Gasteiger partial charge in [0.25, 0.3) is 5.91 Å². The number of anilines is 2. The monoisotopic (exact) mass is 465 g/mol. The lowest BCUT2D eigenvalue weighted by Gasteiger charge is -2.14. The van der Waals surface area contributed by atoms with Crippen molar-refractivity contribution in [2.24, 2.45) is 0 Å². The van der Waals surface area contributed by atoms with Crippen molar-refractivity contribution in [3.05, 3.63) is 96.8 Å². The van der Waals surface area contributed by atoms with Crippen LogP contribution in [0.3, 0.4) is 0 Å². The second-order valence-corrected chi connectivity index (χ2v) is 7.64. The van der Waals surface area contributed by atoms with Crippen molar-refractivity contribution >= 4 is 23.1 Å². The van der Waals surface area contributed by atoms with Gasteiger partial charge in [-0.15, -0.1) is 0 Å². The number of pyridine rings is 2. The van der Waals surface area contributed by atoms with Crippen LogP contribution in [-0.2, 0) is 6.54 Å². The first kappa shape index (κ1) is 22.0. The number of carbonyl (C=O) groups excluding carboxylic acids is 1. The number of benzene rings is 1. The normalized spacial score (nSPS) is 10.8. The quantitative estimate of drug-likeness (QED) is 0.353. The standard InChI is InChI=1S/C26H23N7O2/c1-2-35-23-14-19(8-11-28-23)22-17-30-24(25-29-12-13-33(22)25)32-21-9-10-27-15-20(21)16-31-26(34)18-6-4-3-5-7-18/h3-15,17H,2,16H2,1H3,(H,31,34)(H,27,30,32). The lowest BCUT2D eigenvalue weighted by atomic mass is 10.2. The Morgan fingerprint density at radius 2 is 1.89 bits per heavy atom. The number of aromatic nitrogens is 5. The second kappa shape index (κ2) is 10.0. The van der Waals surface area contributed by atoms with E-state index in [0.717, 1.165) is 22.5 Å². The van der Waals surface area contributed by atoms with E-state index in [9.17, 15) is 4.79 Å². The molecule has 0 aliphatic heterocycles. The average molecular weight is 466 g/mol. The molecular formula is C26H23N7O2. The third kappa shape index (κ3) is 4.79. The number of ether oxygens (including phenoxy) is 1. The van der Waals surface area contributed by atoms with E-state index in [4.69, 9.17) is 4.74 Å². The molecule has 2 N–H and O–H groups in total. The highest BCUT2D eigenvalue weighted by molar-refractivity contribution is 5.94. The number of hydrogen-bond donors (Lipinski definition) is 2. The third-order valence-corrected chi connectivity index (χ3v) is 5.38. The lowest BCUT2D eigenvalue weighted by molar-refractivity contribution is 0.0951. The first-order valence-corrected chi connectivity index (χ1v) is 11.2. The van der Waals surface area contributed by atoms with Crippen LogP contribution in [0.25, 0.3) is 16.9 Å². The van der Waals surface area contributed by atoms with Crippen LogP contribution in [0.4, 0.5) is 11.5 Å². The van der Waals surface area contributed by atoms with Crippen LogP contribution >= 0.6 is 0 Å². The zero-order valence-corrected chi connectivity index (χ0v) is 19.0. The summed E-state index contributed by atoms with van der Waals surface area (Å²) in [6.45, 7) is 2.77. The first-order valence-electron chi connectivity index (χ1n) is 11.2. The van der Waals surface area contributed by atoms with E-state index >= 15 is 0 Å². The van der Waals surface area contributed by atoms with Gasteiger partial charge in [-0.2, -0.15) is 0 Å². The van der Waals surface area contributed by atoms with E-state index in [1.807, 2.05) is 53.9 Å². The Balaban J connectivity index is 1.40. The number of fused-ring (bicyclic) bond motifs is 1. The SMILES string of the molecule is CCOc1cc(-c2cnc(Nc3ccncc3CNC(=O)c3ccccc3)c3nccn23)ccn1. The van der Waals surface area contributed by atoms with Crippen LogP contribution in [0.15, 0.2) is 85.7 Å². The van der Waals surface area contributed by atoms with E-state index in [0.29, 0.717) is 36.1 Å². The van der Waals surface area contributed by atoms with E-state index < -0.39 is 0 Å². The number of rotatable bonds is 8. The summed E-state index contributed by atoms with van der Waals surface area (Å²) >= 11 is 0. The molecule has 4 heterocycles. The fraction of sp³-hybridized carbons (Fsp3) is 0.115. The van der Waals surface area contributed by atoms with Gasteiger partial charge < -0.3 is 15.4 Å². The number of nitrogens with one attached hydrogen (secondary N) is 2. The van der Waals surface area contributed by atoms with Crippen molar-refractivity contribution < 1.29 is 9.53 Å². The van der Waals surface area contributed by atoms with Crippen LogP contribution in [0, 0.1) is 0 Å². The van der Waals surface area contributed by atoms with Gasteiger partial charge in [-0.05, 0) is 31.2 Å². The summed E-state index contributed by atoms with van der Waals surface area (Å²) in [5.74, 6) is 0.987. The van der Waals surface area contributed by atoms with Crippen LogP contribution in [0.5, 0.6) is 5.88 Å². The Kier molecular flexibility index (Phi) is 6.29. The third-order valence-electron chi connectivity index (χ3n) is 5.38. The van der Waals surface area contributed by atoms with Gasteiger partial charge in [-0.3, -0.25) is 14.2 Å². The van der Waals surface area contributed by atoms with Crippen molar-refractivity contribution in [3.8, 4) is 17.1 Å². The number of hydrogen-bond acceptors (Lipinski definition) is 7. The van der Waals surface area contributed by atoms with Crippen molar-refractivity contribution in [1.29, 1.82) is 0 Å². The molecule has 0 atom stereocenters. The Bertz CT molecular complexity index is 1470. The van der Waals surface area contributed by atoms with E-state index in [-0.39, 0.29) is 5.91 Å². The Hall–Kier alpha value is -4.79. The molecule has 0 spiro atoms. The first-order chi connectivity index (χ1) is 17.2. The molecule has 174 valence electrons. The molecule has 9 heteroatoms. The van der Waals surface area contributed by atoms with Crippen molar-refractivity contribution in [2.45, 2.75) is 13.5 Å². The molecular weight excluding hydrogens is 442 g/mol. The predicted molar refractivity (Wildman–Crippen MR) is 133 cm³/mol. The van der Waals surface area contributed by atoms with Crippen molar-refractivity contribution in [3.63, 3.8) is 0 Å². The van der Waals surface area contributed by atoms with E-state index in [1.165, 1.54) is 0 Å². The van der Waals surface area contributed by atoms with Crippen molar-refractivity contribution in [1.82, 2.24) is 29.7 Å². The van der Waals surface area contributed by atoms with Gasteiger partial charge in [0.1, 0.15) is 0 Å². The molecule has 0 unspecified atom stereocenters. The number of amides is 1. The Morgan fingerprint density at radius 1 is 1.00 bits per heavy atom. The van der Waals surface area contributed by atoms with Gasteiger partial charge >= 0.3 is 0 Å². The minimum absolute atomic E-state index is 0.151. The van der Waals surface area contributed by atoms with Gasteiger partial charge in [0.15, 0.2) is 11.5 Å². The molecule has 0 saturated carbocycles. The highest BCUT2D eigenvalue weighted by atomic mass is 16.5. The maximum atomic E-state index is 12.5. The minimum atomic E-state index is -0.151. The maximum Gasteiger partial charge on any atom is 0.251 e. The van der Waals surface area contributed by atoms with Gasteiger partial charge in [-0.1, -0.05) is 18.2 Å². The molecule has 1 aromatic carbocycles. The topological polar surface area (TPSA) is 106 Å². The summed E-state index contributed by atoms with van der Waals surface area (Å²) in [7, 11) is 0. The van der Waals surface area contributed by atoms with Gasteiger partial charge in [-0.25, -0.2) is 15.0 Å². The molecule has 0 radical (unpaired) electrons. The summed E-state index contributed by atoms with van der Waals surface area (Å²) in [6.07, 6.45) is 10.5. The summed E-state index contributed by atoms with van der Waals surface area (Å²) in [5.41, 5.74) is 4.64. The largest absolute Gasteiger partial charge is 0.478 e. The lowest BCUT2D eigenvalue weighted by Crippen LogP contribution is -2.23. The predicted octanol–water partition coefficient (Wildman–Crippen LogP) is 4.26. The Morgan fingerprint density at radius 3 is 2.74 bits per heavy atom. The zero-order chi connectivity index (χ0) is 24.0. The van der Waals surface area contributed by atoms with E-state index in [1.54, 1.807) is 43.1 Å². The smallest absolute Gasteiger partial charge is 0.251 e. The molecule has 0 aliphatic carbocycles. The zero-order valence-electron chi connectivity index (χ0n) is 19.0. The highest BCUT2D eigenvalue weighted by Crippen LogP contribution is 2.27. The molecule has 0 aliphatic rings. The molecule has 5 rings (SSSR count). The molecule has 1 amide bonds.